The van der Waals surface area contributed by atoms with E-state index in [-0.39, 0.29) is 0 Å². The van der Waals surface area contributed by atoms with Crippen LogP contribution >= 0.6 is 11.6 Å². The fourth-order valence-corrected chi connectivity index (χ4v) is 3.69. The Morgan fingerprint density at radius 2 is 1.88 bits per heavy atom. The van der Waals surface area contributed by atoms with Crippen molar-refractivity contribution in [2.45, 2.75) is 37.5 Å². The number of benzene rings is 1. The van der Waals surface area contributed by atoms with Crippen LogP contribution in [0.2, 0.25) is 5.02 Å². The van der Waals surface area contributed by atoms with Crippen molar-refractivity contribution in [3.63, 3.8) is 0 Å². The van der Waals surface area contributed by atoms with Crippen LogP contribution in [0.3, 0.4) is 0 Å². The maximum absolute atomic E-state index is 6.08. The topological polar surface area (TPSA) is 67.9 Å². The van der Waals surface area contributed by atoms with Gasteiger partial charge in [-0.25, -0.2) is 9.97 Å². The van der Waals surface area contributed by atoms with E-state index in [0.29, 0.717) is 16.9 Å². The first-order chi connectivity index (χ1) is 12.3. The van der Waals surface area contributed by atoms with Gasteiger partial charge < -0.3 is 9.42 Å². The van der Waals surface area contributed by atoms with Gasteiger partial charge in [-0.1, -0.05) is 16.8 Å². The van der Waals surface area contributed by atoms with Crippen LogP contribution in [0.1, 0.15) is 49.2 Å². The number of aromatic nitrogens is 4. The van der Waals surface area contributed by atoms with Crippen LogP contribution in [-0.2, 0) is 0 Å². The highest BCUT2D eigenvalue weighted by atomic mass is 35.5. The number of hydrogen-bond acceptors (Lipinski definition) is 6. The average molecular weight is 356 g/mol. The van der Waals surface area contributed by atoms with E-state index in [9.17, 15) is 0 Å². The van der Waals surface area contributed by atoms with Crippen molar-refractivity contribution in [2.24, 2.45) is 0 Å². The average Bonchev–Trinajstić information content (AvgIpc) is 3.38. The Kier molecular flexibility index (Phi) is 3.59. The zero-order valence-corrected chi connectivity index (χ0v) is 14.5. The summed E-state index contributed by atoms with van der Waals surface area (Å²) >= 11 is 6.08. The van der Waals surface area contributed by atoms with Crippen LogP contribution in [0.15, 0.2) is 29.0 Å². The molecule has 5 rings (SSSR count). The van der Waals surface area contributed by atoms with Crippen molar-refractivity contribution >= 4 is 28.3 Å². The van der Waals surface area contributed by atoms with Crippen LogP contribution in [0.4, 0.5) is 5.82 Å². The summed E-state index contributed by atoms with van der Waals surface area (Å²) < 4.78 is 5.41. The molecule has 1 aliphatic carbocycles. The molecule has 1 aliphatic heterocycles. The van der Waals surface area contributed by atoms with Crippen LogP contribution in [0.5, 0.6) is 0 Å². The van der Waals surface area contributed by atoms with E-state index < -0.39 is 0 Å². The molecule has 2 aromatic heterocycles. The van der Waals surface area contributed by atoms with Crippen LogP contribution in [0, 0.1) is 0 Å². The Balaban J connectivity index is 1.34. The molecular formula is C18H18ClN5O. The monoisotopic (exact) mass is 355 g/mol. The van der Waals surface area contributed by atoms with Crippen LogP contribution < -0.4 is 4.90 Å². The lowest BCUT2D eigenvalue weighted by atomic mass is 9.96. The van der Waals surface area contributed by atoms with Gasteiger partial charge in [0.05, 0.1) is 5.52 Å². The van der Waals surface area contributed by atoms with Gasteiger partial charge in [0.15, 0.2) is 5.82 Å². The molecule has 0 amide bonds. The van der Waals surface area contributed by atoms with Gasteiger partial charge in [-0.2, -0.15) is 4.98 Å². The number of hydrogen-bond donors (Lipinski definition) is 0. The number of nitrogens with zero attached hydrogens (tertiary/aromatic N) is 5. The smallest absolute Gasteiger partial charge is 0.229 e. The molecule has 3 aromatic rings. The van der Waals surface area contributed by atoms with E-state index >= 15 is 0 Å². The molecular weight excluding hydrogens is 338 g/mol. The molecule has 2 fully saturated rings. The summed E-state index contributed by atoms with van der Waals surface area (Å²) in [4.78, 5) is 15.8. The van der Waals surface area contributed by atoms with Gasteiger partial charge in [0.1, 0.15) is 12.1 Å². The van der Waals surface area contributed by atoms with E-state index in [1.54, 1.807) is 6.33 Å². The standard InChI is InChI=1S/C18H18ClN5O/c19-13-3-4-14-15(9-13)20-10-21-17(14)24-7-5-11(6-8-24)16-22-18(25-23-16)12-1-2-12/h3-4,9-12H,1-2,5-8H2. The summed E-state index contributed by atoms with van der Waals surface area (Å²) in [6.45, 7) is 1.85. The Morgan fingerprint density at radius 1 is 1.04 bits per heavy atom. The Labute approximate surface area is 150 Å². The van der Waals surface area contributed by atoms with Crippen molar-refractivity contribution in [3.8, 4) is 0 Å². The molecule has 0 N–H and O–H groups in total. The first-order valence-electron chi connectivity index (χ1n) is 8.76. The number of rotatable bonds is 3. The predicted octanol–water partition coefficient (Wildman–Crippen LogP) is 3.93. The van der Waals surface area contributed by atoms with Crippen molar-refractivity contribution in [1.29, 1.82) is 0 Å². The van der Waals surface area contributed by atoms with Crippen LogP contribution in [-0.4, -0.2) is 33.2 Å². The van der Waals surface area contributed by atoms with E-state index in [1.807, 2.05) is 18.2 Å². The lowest BCUT2D eigenvalue weighted by molar-refractivity contribution is 0.365. The van der Waals surface area contributed by atoms with Gasteiger partial charge in [0, 0.05) is 35.3 Å². The molecule has 0 bridgehead atoms. The normalized spacial score (nSPS) is 18.8. The molecule has 1 saturated heterocycles. The number of fused-ring (bicyclic) bond motifs is 1. The molecule has 3 heterocycles. The fourth-order valence-electron chi connectivity index (χ4n) is 3.53. The second kappa shape index (κ2) is 5.95. The fraction of sp³-hybridized carbons (Fsp3) is 0.444. The number of anilines is 1. The van der Waals surface area contributed by atoms with Crippen molar-refractivity contribution in [2.75, 3.05) is 18.0 Å². The van der Waals surface area contributed by atoms with Crippen LogP contribution in [0.25, 0.3) is 10.9 Å². The number of halogens is 1. The van der Waals surface area contributed by atoms with E-state index in [4.69, 9.17) is 16.1 Å². The minimum Gasteiger partial charge on any atom is -0.356 e. The highest BCUT2D eigenvalue weighted by Gasteiger charge is 2.32. The van der Waals surface area contributed by atoms with Gasteiger partial charge in [0.25, 0.3) is 0 Å². The second-order valence-electron chi connectivity index (χ2n) is 6.89. The molecule has 6 nitrogen and oxygen atoms in total. The van der Waals surface area contributed by atoms with Gasteiger partial charge in [-0.3, -0.25) is 0 Å². The third-order valence-corrected chi connectivity index (χ3v) is 5.36. The third kappa shape index (κ3) is 2.84. The molecule has 0 radical (unpaired) electrons. The molecule has 0 unspecified atom stereocenters. The summed E-state index contributed by atoms with van der Waals surface area (Å²) in [5.74, 6) is 3.57. The van der Waals surface area contributed by atoms with Gasteiger partial charge >= 0.3 is 0 Å². The van der Waals surface area contributed by atoms with E-state index in [1.165, 1.54) is 12.8 Å². The minimum atomic E-state index is 0.370. The lowest BCUT2D eigenvalue weighted by Crippen LogP contribution is -2.34. The summed E-state index contributed by atoms with van der Waals surface area (Å²) in [6, 6.07) is 5.77. The molecule has 0 atom stereocenters. The lowest BCUT2D eigenvalue weighted by Gasteiger charge is -2.32. The summed E-state index contributed by atoms with van der Waals surface area (Å²) in [6.07, 6.45) is 5.99. The van der Waals surface area contributed by atoms with Crippen molar-refractivity contribution in [3.05, 3.63) is 41.3 Å². The Hall–Kier alpha value is -2.21. The quantitative estimate of drug-likeness (QED) is 0.709. The van der Waals surface area contributed by atoms with Gasteiger partial charge in [0.2, 0.25) is 5.89 Å². The highest BCUT2D eigenvalue weighted by molar-refractivity contribution is 6.31. The highest BCUT2D eigenvalue weighted by Crippen LogP contribution is 2.40. The van der Waals surface area contributed by atoms with E-state index in [0.717, 1.165) is 54.4 Å². The van der Waals surface area contributed by atoms with Gasteiger partial charge in [-0.05, 0) is 43.9 Å². The molecule has 0 spiro atoms. The molecule has 1 saturated carbocycles. The SMILES string of the molecule is Clc1ccc2c(N3CCC(c4noc(C5CC5)n4)CC3)ncnc2c1. The first-order valence-corrected chi connectivity index (χ1v) is 9.14. The summed E-state index contributed by atoms with van der Waals surface area (Å²) in [5.41, 5.74) is 0.881. The maximum atomic E-state index is 6.08. The zero-order chi connectivity index (χ0) is 16.8. The Bertz CT molecular complexity index is 915. The molecule has 7 heteroatoms. The summed E-state index contributed by atoms with van der Waals surface area (Å²) in [5, 5.41) is 5.95. The van der Waals surface area contributed by atoms with Crippen molar-refractivity contribution in [1.82, 2.24) is 20.1 Å². The minimum absolute atomic E-state index is 0.370. The maximum Gasteiger partial charge on any atom is 0.229 e. The summed E-state index contributed by atoms with van der Waals surface area (Å²) in [7, 11) is 0. The second-order valence-corrected chi connectivity index (χ2v) is 7.32. The molecule has 25 heavy (non-hydrogen) atoms. The number of piperidine rings is 1. The largest absolute Gasteiger partial charge is 0.356 e. The van der Waals surface area contributed by atoms with E-state index in [2.05, 4.69) is 25.0 Å². The Morgan fingerprint density at radius 3 is 2.68 bits per heavy atom. The van der Waals surface area contributed by atoms with Gasteiger partial charge in [-0.15, -0.1) is 0 Å². The molecule has 128 valence electrons. The van der Waals surface area contributed by atoms with Crippen molar-refractivity contribution < 1.29 is 4.52 Å². The first kappa shape index (κ1) is 15.1. The zero-order valence-electron chi connectivity index (χ0n) is 13.7. The molecule has 2 aliphatic rings. The third-order valence-electron chi connectivity index (χ3n) is 5.12. The molecule has 1 aromatic carbocycles. The predicted molar refractivity (Wildman–Crippen MR) is 95.0 cm³/mol.